The van der Waals surface area contributed by atoms with Crippen LogP contribution in [0.4, 0.5) is 0 Å². The lowest BCUT2D eigenvalue weighted by atomic mass is 9.93. The molecule has 0 aromatic heterocycles. The molecule has 1 aromatic carbocycles. The molecule has 152 valence electrons. The fourth-order valence-electron chi connectivity index (χ4n) is 4.21. The molecule has 0 N–H and O–H groups in total. The van der Waals surface area contributed by atoms with E-state index in [1.54, 1.807) is 16.4 Å². The van der Waals surface area contributed by atoms with Crippen LogP contribution < -0.4 is 0 Å². The summed E-state index contributed by atoms with van der Waals surface area (Å²) in [5.41, 5.74) is 0.970. The molecule has 2 fully saturated rings. The van der Waals surface area contributed by atoms with Crippen molar-refractivity contribution in [2.45, 2.75) is 68.7 Å². The van der Waals surface area contributed by atoms with E-state index in [1.807, 2.05) is 17.0 Å². The van der Waals surface area contributed by atoms with Crippen LogP contribution in [0.25, 0.3) is 0 Å². The SMILES string of the molecule is C#CCN(C(=O)CCc1ccc(S(=O)(=O)N2CCCC2)cc1)C1CCCCC1. The molecular formula is C22H30N2O3S. The molecule has 0 spiro atoms. The zero-order valence-electron chi connectivity index (χ0n) is 16.5. The van der Waals surface area contributed by atoms with Crippen LogP contribution in [0.3, 0.4) is 0 Å². The average molecular weight is 403 g/mol. The minimum atomic E-state index is -3.39. The highest BCUT2D eigenvalue weighted by Gasteiger charge is 2.27. The van der Waals surface area contributed by atoms with Crippen LogP contribution >= 0.6 is 0 Å². The maximum Gasteiger partial charge on any atom is 0.243 e. The van der Waals surface area contributed by atoms with Gasteiger partial charge in [0.05, 0.1) is 11.4 Å². The summed E-state index contributed by atoms with van der Waals surface area (Å²) < 4.78 is 26.7. The summed E-state index contributed by atoms with van der Waals surface area (Å²) in [5, 5.41) is 0. The van der Waals surface area contributed by atoms with Gasteiger partial charge < -0.3 is 4.90 Å². The molecule has 1 saturated carbocycles. The quantitative estimate of drug-likeness (QED) is 0.658. The van der Waals surface area contributed by atoms with Crippen molar-refractivity contribution in [2.75, 3.05) is 19.6 Å². The summed E-state index contributed by atoms with van der Waals surface area (Å²) in [5.74, 6) is 2.72. The van der Waals surface area contributed by atoms with Crippen LogP contribution in [0.2, 0.25) is 0 Å². The normalized spacial score (nSPS) is 18.7. The van der Waals surface area contributed by atoms with E-state index in [-0.39, 0.29) is 11.9 Å². The summed E-state index contributed by atoms with van der Waals surface area (Å²) in [6.07, 6.45) is 14.0. The first-order valence-corrected chi connectivity index (χ1v) is 11.8. The van der Waals surface area contributed by atoms with E-state index in [0.717, 1.165) is 44.1 Å². The molecule has 1 aliphatic heterocycles. The molecule has 28 heavy (non-hydrogen) atoms. The maximum atomic E-state index is 12.7. The highest BCUT2D eigenvalue weighted by Crippen LogP contribution is 2.24. The predicted octanol–water partition coefficient (Wildman–Crippen LogP) is 3.20. The average Bonchev–Trinajstić information content (AvgIpc) is 3.27. The van der Waals surface area contributed by atoms with Gasteiger partial charge in [0.15, 0.2) is 0 Å². The van der Waals surface area contributed by atoms with Crippen LogP contribution in [0.1, 0.15) is 56.9 Å². The molecule has 1 saturated heterocycles. The molecule has 5 nitrogen and oxygen atoms in total. The number of sulfonamides is 1. The van der Waals surface area contributed by atoms with Gasteiger partial charge in [-0.2, -0.15) is 4.31 Å². The van der Waals surface area contributed by atoms with E-state index in [1.165, 1.54) is 6.42 Å². The van der Waals surface area contributed by atoms with Crippen LogP contribution in [0.15, 0.2) is 29.2 Å². The summed E-state index contributed by atoms with van der Waals surface area (Å²) in [6.45, 7) is 1.58. The van der Waals surface area contributed by atoms with Gasteiger partial charge in [0.1, 0.15) is 0 Å². The second kappa shape index (κ2) is 9.58. The van der Waals surface area contributed by atoms with Gasteiger partial charge in [-0.3, -0.25) is 4.79 Å². The van der Waals surface area contributed by atoms with Crippen molar-refractivity contribution < 1.29 is 13.2 Å². The highest BCUT2D eigenvalue weighted by atomic mass is 32.2. The molecule has 2 aliphatic rings. The van der Waals surface area contributed by atoms with Crippen molar-refractivity contribution in [1.29, 1.82) is 0 Å². The van der Waals surface area contributed by atoms with Crippen LogP contribution in [-0.2, 0) is 21.2 Å². The molecule has 0 radical (unpaired) electrons. The van der Waals surface area contributed by atoms with Gasteiger partial charge in [0.25, 0.3) is 0 Å². The minimum Gasteiger partial charge on any atom is -0.329 e. The molecule has 0 unspecified atom stereocenters. The number of hydrogen-bond donors (Lipinski definition) is 0. The molecule has 1 amide bonds. The zero-order chi connectivity index (χ0) is 20.0. The van der Waals surface area contributed by atoms with E-state index >= 15 is 0 Å². The first-order valence-electron chi connectivity index (χ1n) is 10.3. The Balaban J connectivity index is 1.59. The third kappa shape index (κ3) is 4.95. The number of benzene rings is 1. The van der Waals surface area contributed by atoms with E-state index in [9.17, 15) is 13.2 Å². The number of rotatable bonds is 7. The molecule has 0 bridgehead atoms. The summed E-state index contributed by atoms with van der Waals surface area (Å²) in [4.78, 5) is 14.9. The number of terminal acetylenes is 1. The number of carbonyl (C=O) groups excluding carboxylic acids is 1. The van der Waals surface area contributed by atoms with Crippen molar-refractivity contribution in [2.24, 2.45) is 0 Å². The Bertz CT molecular complexity index is 799. The molecule has 3 rings (SSSR count). The van der Waals surface area contributed by atoms with Crippen molar-refractivity contribution in [3.63, 3.8) is 0 Å². The second-order valence-corrected chi connectivity index (χ2v) is 9.71. The van der Waals surface area contributed by atoms with Gasteiger partial charge in [-0.1, -0.05) is 37.3 Å². The fraction of sp³-hybridized carbons (Fsp3) is 0.591. The molecule has 1 aliphatic carbocycles. The zero-order valence-corrected chi connectivity index (χ0v) is 17.3. The first-order chi connectivity index (χ1) is 13.5. The highest BCUT2D eigenvalue weighted by molar-refractivity contribution is 7.89. The molecule has 0 atom stereocenters. The Kier molecular flexibility index (Phi) is 7.14. The van der Waals surface area contributed by atoms with Crippen LogP contribution in [-0.4, -0.2) is 49.2 Å². The van der Waals surface area contributed by atoms with Crippen molar-refractivity contribution >= 4 is 15.9 Å². The van der Waals surface area contributed by atoms with Crippen molar-refractivity contribution in [3.05, 3.63) is 29.8 Å². The Hall–Kier alpha value is -1.84. The molecule has 1 aromatic rings. The van der Waals surface area contributed by atoms with E-state index in [4.69, 9.17) is 6.42 Å². The standard InChI is InChI=1S/C22H30N2O3S/c1-2-16-24(20-8-4-3-5-9-20)22(25)15-12-19-10-13-21(14-11-19)28(26,27)23-17-6-7-18-23/h1,10-11,13-14,20H,3-9,12,15-18H2. The Morgan fingerprint density at radius 1 is 1.07 bits per heavy atom. The number of nitrogens with zero attached hydrogens (tertiary/aromatic N) is 2. The Morgan fingerprint density at radius 3 is 2.32 bits per heavy atom. The fourth-order valence-corrected chi connectivity index (χ4v) is 5.73. The largest absolute Gasteiger partial charge is 0.329 e. The second-order valence-electron chi connectivity index (χ2n) is 7.77. The summed E-state index contributed by atoms with van der Waals surface area (Å²) >= 11 is 0. The van der Waals surface area contributed by atoms with Gasteiger partial charge in [-0.25, -0.2) is 8.42 Å². The number of hydrogen-bond acceptors (Lipinski definition) is 3. The van der Waals surface area contributed by atoms with E-state index in [0.29, 0.717) is 37.4 Å². The number of aryl methyl sites for hydroxylation is 1. The lowest BCUT2D eigenvalue weighted by Crippen LogP contribution is -2.41. The van der Waals surface area contributed by atoms with Gasteiger partial charge in [-0.05, 0) is 49.8 Å². The third-order valence-electron chi connectivity index (χ3n) is 5.85. The summed E-state index contributed by atoms with van der Waals surface area (Å²) in [6, 6.07) is 7.23. The lowest BCUT2D eigenvalue weighted by Gasteiger charge is -2.33. The molecule has 6 heteroatoms. The number of amides is 1. The van der Waals surface area contributed by atoms with Crippen LogP contribution in [0.5, 0.6) is 0 Å². The van der Waals surface area contributed by atoms with Gasteiger partial charge >= 0.3 is 0 Å². The van der Waals surface area contributed by atoms with Crippen molar-refractivity contribution in [1.82, 2.24) is 9.21 Å². The number of carbonyl (C=O) groups is 1. The third-order valence-corrected chi connectivity index (χ3v) is 7.76. The minimum absolute atomic E-state index is 0.0959. The smallest absolute Gasteiger partial charge is 0.243 e. The van der Waals surface area contributed by atoms with Gasteiger partial charge in [0.2, 0.25) is 15.9 Å². The predicted molar refractivity (Wildman–Crippen MR) is 110 cm³/mol. The Morgan fingerprint density at radius 2 is 1.71 bits per heavy atom. The molecular weight excluding hydrogens is 372 g/mol. The maximum absolute atomic E-state index is 12.7. The van der Waals surface area contributed by atoms with Crippen molar-refractivity contribution in [3.8, 4) is 12.3 Å². The summed E-state index contributed by atoms with van der Waals surface area (Å²) in [7, 11) is -3.39. The van der Waals surface area contributed by atoms with E-state index in [2.05, 4.69) is 5.92 Å². The monoisotopic (exact) mass is 402 g/mol. The van der Waals surface area contributed by atoms with E-state index < -0.39 is 10.0 Å². The van der Waals surface area contributed by atoms with Gasteiger partial charge in [-0.15, -0.1) is 6.42 Å². The van der Waals surface area contributed by atoms with Crippen LogP contribution in [0, 0.1) is 12.3 Å². The first kappa shape index (κ1) is 20.9. The Labute approximate surface area is 169 Å². The molecule has 1 heterocycles. The van der Waals surface area contributed by atoms with Gasteiger partial charge in [0, 0.05) is 25.6 Å². The topological polar surface area (TPSA) is 57.7 Å². The lowest BCUT2D eigenvalue weighted by molar-refractivity contribution is -0.133.